The average Bonchev–Trinajstić information content (AvgIpc) is 3.32. The normalized spacial score (nSPS) is 11.7. The number of hydrogen-bond donors (Lipinski definition) is 3. The molecular weight excluding hydrogens is 526 g/mol. The van der Waals surface area contributed by atoms with E-state index in [1.54, 1.807) is 19.1 Å². The first-order chi connectivity index (χ1) is 19.0. The highest BCUT2D eigenvalue weighted by molar-refractivity contribution is 5.96. The quantitative estimate of drug-likeness (QED) is 0.200. The van der Waals surface area contributed by atoms with Gasteiger partial charge >= 0.3 is 6.18 Å². The summed E-state index contributed by atoms with van der Waals surface area (Å²) in [7, 11) is 3.96. The van der Waals surface area contributed by atoms with Crippen LogP contribution < -0.4 is 15.5 Å². The number of carbonyl (C=O) groups is 1. The molecule has 0 saturated carbocycles. The van der Waals surface area contributed by atoms with Crippen LogP contribution in [0.4, 0.5) is 40.6 Å². The van der Waals surface area contributed by atoms with Crippen molar-refractivity contribution in [3.63, 3.8) is 0 Å². The van der Waals surface area contributed by atoms with Crippen LogP contribution in [-0.2, 0) is 11.0 Å². The number of carbonyl (C=O) groups excluding carboxylic acids is 1. The average molecular weight is 558 g/mol. The zero-order valence-corrected chi connectivity index (χ0v) is 22.7. The molecule has 0 saturated heterocycles. The number of hydrogen-bond acceptors (Lipinski definition) is 6. The number of nitrogens with one attached hydrogen (secondary N) is 3. The maximum Gasteiger partial charge on any atom is 0.419 e. The molecule has 0 aliphatic heterocycles. The lowest BCUT2D eigenvalue weighted by atomic mass is 10.1. The van der Waals surface area contributed by atoms with Gasteiger partial charge in [-0.2, -0.15) is 13.2 Å². The number of alkyl halides is 3. The second-order valence-electron chi connectivity index (χ2n) is 9.49. The van der Waals surface area contributed by atoms with Crippen LogP contribution in [0.1, 0.15) is 25.8 Å². The molecule has 3 N–H and O–H groups in total. The number of aromatic nitrogens is 3. The third-order valence-electron chi connectivity index (χ3n) is 6.38. The Balaban J connectivity index is 1.73. The Hall–Kier alpha value is -4.19. The van der Waals surface area contributed by atoms with Gasteiger partial charge in [0.15, 0.2) is 0 Å². The third-order valence-corrected chi connectivity index (χ3v) is 6.38. The molecule has 2 aromatic carbocycles. The zero-order valence-electron chi connectivity index (χ0n) is 22.7. The maximum absolute atomic E-state index is 13.9. The molecule has 0 aliphatic rings. The van der Waals surface area contributed by atoms with Gasteiger partial charge in [0.2, 0.25) is 11.9 Å². The van der Waals surface area contributed by atoms with Crippen LogP contribution in [0.25, 0.3) is 22.2 Å². The molecule has 8 nitrogen and oxygen atoms in total. The van der Waals surface area contributed by atoms with Gasteiger partial charge in [0, 0.05) is 60.6 Å². The first-order valence-electron chi connectivity index (χ1n) is 12.8. The van der Waals surface area contributed by atoms with Gasteiger partial charge in [-0.05, 0) is 57.4 Å². The number of amides is 1. The van der Waals surface area contributed by atoms with Gasteiger partial charge in [-0.3, -0.25) is 4.79 Å². The molecule has 1 amide bonds. The summed E-state index contributed by atoms with van der Waals surface area (Å²) in [4.78, 5) is 27.4. The fourth-order valence-corrected chi connectivity index (χ4v) is 4.28. The number of halogens is 4. The summed E-state index contributed by atoms with van der Waals surface area (Å²) < 4.78 is 55.4. The lowest BCUT2D eigenvalue weighted by Gasteiger charge is -2.27. The van der Waals surface area contributed by atoms with E-state index in [0.717, 1.165) is 25.0 Å². The highest BCUT2D eigenvalue weighted by Gasteiger charge is 2.36. The summed E-state index contributed by atoms with van der Waals surface area (Å²) in [5, 5.41) is 6.28. The Morgan fingerprint density at radius 2 is 1.85 bits per heavy atom. The number of nitrogens with zero attached hydrogens (tertiary/aromatic N) is 4. The molecule has 0 unspecified atom stereocenters. The highest BCUT2D eigenvalue weighted by atomic mass is 19.4. The molecule has 2 heterocycles. The number of aromatic amines is 1. The minimum atomic E-state index is -4.72. The maximum atomic E-state index is 13.9. The van der Waals surface area contributed by atoms with Gasteiger partial charge in [-0.15, -0.1) is 0 Å². The van der Waals surface area contributed by atoms with Crippen LogP contribution in [0.2, 0.25) is 0 Å². The zero-order chi connectivity index (χ0) is 29.0. The van der Waals surface area contributed by atoms with Crippen molar-refractivity contribution < 1.29 is 22.4 Å². The molecule has 40 heavy (non-hydrogen) atoms. The summed E-state index contributed by atoms with van der Waals surface area (Å²) in [6, 6.07) is 9.09. The summed E-state index contributed by atoms with van der Waals surface area (Å²) in [6.07, 6.45) is -2.35. The summed E-state index contributed by atoms with van der Waals surface area (Å²) in [5.41, 5.74) is 0.996. The molecule has 4 aromatic rings. The molecule has 0 fully saturated rings. The Morgan fingerprint density at radius 1 is 1.07 bits per heavy atom. The molecular formula is C28H31F4N7O. The van der Waals surface area contributed by atoms with Crippen LogP contribution in [-0.4, -0.2) is 59.5 Å². The van der Waals surface area contributed by atoms with Crippen LogP contribution in [0.15, 0.2) is 48.8 Å². The first kappa shape index (κ1) is 28.8. The van der Waals surface area contributed by atoms with Crippen molar-refractivity contribution in [2.75, 3.05) is 49.3 Å². The van der Waals surface area contributed by atoms with E-state index < -0.39 is 17.6 Å². The lowest BCUT2D eigenvalue weighted by molar-refractivity contribution is -0.137. The SMILES string of the molecule is CCC(=O)Nc1cc(Nc2ncc(C(F)(F)F)c(-c3c[nH]c4cc(F)ccc34)n2)ccc1N(CC)CCN(C)C. The molecule has 2 aromatic heterocycles. The van der Waals surface area contributed by atoms with Crippen molar-refractivity contribution >= 4 is 39.8 Å². The van der Waals surface area contributed by atoms with Gasteiger partial charge in [-0.1, -0.05) is 6.92 Å². The smallest absolute Gasteiger partial charge is 0.369 e. The topological polar surface area (TPSA) is 89.2 Å². The van der Waals surface area contributed by atoms with E-state index in [9.17, 15) is 22.4 Å². The molecule has 0 spiro atoms. The Kier molecular flexibility index (Phi) is 8.58. The highest BCUT2D eigenvalue weighted by Crippen LogP contribution is 2.39. The molecule has 0 radical (unpaired) electrons. The minimum Gasteiger partial charge on any atom is -0.369 e. The molecule has 0 atom stereocenters. The molecule has 0 bridgehead atoms. The number of rotatable bonds is 10. The summed E-state index contributed by atoms with van der Waals surface area (Å²) >= 11 is 0. The van der Waals surface area contributed by atoms with Gasteiger partial charge in [0.1, 0.15) is 11.4 Å². The summed E-state index contributed by atoms with van der Waals surface area (Å²) in [6.45, 7) is 6.00. The van der Waals surface area contributed by atoms with Crippen molar-refractivity contribution in [1.29, 1.82) is 0 Å². The van der Waals surface area contributed by atoms with Crippen LogP contribution in [0.5, 0.6) is 0 Å². The van der Waals surface area contributed by atoms with Crippen molar-refractivity contribution in [1.82, 2.24) is 19.9 Å². The van der Waals surface area contributed by atoms with E-state index in [1.807, 2.05) is 27.1 Å². The number of anilines is 4. The van der Waals surface area contributed by atoms with Crippen molar-refractivity contribution in [3.05, 3.63) is 60.2 Å². The third kappa shape index (κ3) is 6.50. The minimum absolute atomic E-state index is 0.0695. The molecule has 212 valence electrons. The molecule has 12 heteroatoms. The van der Waals surface area contributed by atoms with Gasteiger partial charge in [0.05, 0.1) is 17.1 Å². The van der Waals surface area contributed by atoms with E-state index in [1.165, 1.54) is 24.4 Å². The monoisotopic (exact) mass is 557 g/mol. The molecule has 4 rings (SSSR count). The largest absolute Gasteiger partial charge is 0.419 e. The van der Waals surface area contributed by atoms with Crippen LogP contribution >= 0.6 is 0 Å². The predicted octanol–water partition coefficient (Wildman–Crippen LogP) is 6.26. The van der Waals surface area contributed by atoms with Crippen molar-refractivity contribution in [3.8, 4) is 11.3 Å². The Labute approximate surface area is 229 Å². The van der Waals surface area contributed by atoms with Gasteiger partial charge in [0.25, 0.3) is 0 Å². The standard InChI is InChI=1S/C28H31F4N7O/c1-5-25(40)36-23-14-18(8-10-24(23)39(6-2)12-11-38(3)4)35-27-34-16-21(28(30,31)32)26(37-27)20-15-33-22-13-17(29)7-9-19(20)22/h7-10,13-16,33H,5-6,11-12H2,1-4H3,(H,36,40)(H,34,35,37). The summed E-state index contributed by atoms with van der Waals surface area (Å²) in [5.74, 6) is -0.759. The fourth-order valence-electron chi connectivity index (χ4n) is 4.28. The van der Waals surface area contributed by atoms with E-state index in [-0.39, 0.29) is 29.5 Å². The number of fused-ring (bicyclic) bond motifs is 1. The Morgan fingerprint density at radius 3 is 2.52 bits per heavy atom. The van der Waals surface area contributed by atoms with E-state index in [2.05, 4.69) is 35.4 Å². The van der Waals surface area contributed by atoms with Crippen LogP contribution in [0.3, 0.4) is 0 Å². The number of likely N-dealkylation sites (N-methyl/N-ethyl adjacent to an activating group) is 2. The second kappa shape index (κ2) is 11.9. The van der Waals surface area contributed by atoms with E-state index >= 15 is 0 Å². The van der Waals surface area contributed by atoms with Crippen LogP contribution in [0, 0.1) is 5.82 Å². The first-order valence-corrected chi connectivity index (χ1v) is 12.8. The molecule has 0 aliphatic carbocycles. The van der Waals surface area contributed by atoms with Gasteiger partial charge in [-0.25, -0.2) is 14.4 Å². The van der Waals surface area contributed by atoms with Crippen molar-refractivity contribution in [2.45, 2.75) is 26.4 Å². The van der Waals surface area contributed by atoms with Crippen molar-refractivity contribution in [2.24, 2.45) is 0 Å². The number of H-pyrrole nitrogens is 1. The van der Waals surface area contributed by atoms with E-state index in [0.29, 0.717) is 28.8 Å². The predicted molar refractivity (Wildman–Crippen MR) is 149 cm³/mol. The fraction of sp³-hybridized carbons (Fsp3) is 0.321. The lowest BCUT2D eigenvalue weighted by Crippen LogP contribution is -2.32. The Bertz CT molecular complexity index is 1500. The van der Waals surface area contributed by atoms with E-state index in [4.69, 9.17) is 0 Å². The second-order valence-corrected chi connectivity index (χ2v) is 9.49. The van der Waals surface area contributed by atoms with Gasteiger partial charge < -0.3 is 25.4 Å². The number of benzene rings is 2.